The van der Waals surface area contributed by atoms with Gasteiger partial charge in [0.2, 0.25) is 0 Å². The van der Waals surface area contributed by atoms with E-state index in [4.69, 9.17) is 0 Å². The molecular formula is C11H20O2. The molecule has 0 radical (unpaired) electrons. The molecule has 76 valence electrons. The second-order valence-corrected chi connectivity index (χ2v) is 3.94. The van der Waals surface area contributed by atoms with Crippen LogP contribution in [-0.4, -0.2) is 13.1 Å². The lowest BCUT2D eigenvalue weighted by Gasteiger charge is -2.14. The number of methoxy groups -OCH3 is 1. The van der Waals surface area contributed by atoms with Gasteiger partial charge in [-0.1, -0.05) is 26.3 Å². The Kier molecular flexibility index (Phi) is 5.44. The highest BCUT2D eigenvalue weighted by atomic mass is 16.5. The monoisotopic (exact) mass is 184 g/mol. The van der Waals surface area contributed by atoms with Gasteiger partial charge in [0.1, 0.15) is 0 Å². The van der Waals surface area contributed by atoms with Crippen molar-refractivity contribution < 1.29 is 9.53 Å². The molecule has 2 nitrogen and oxygen atoms in total. The quantitative estimate of drug-likeness (QED) is 0.496. The van der Waals surface area contributed by atoms with Crippen LogP contribution < -0.4 is 0 Å². The summed E-state index contributed by atoms with van der Waals surface area (Å²) in [5.74, 6) is 0.864. The van der Waals surface area contributed by atoms with Crippen molar-refractivity contribution in [1.29, 1.82) is 0 Å². The van der Waals surface area contributed by atoms with Crippen LogP contribution in [0.25, 0.3) is 0 Å². The molecule has 0 N–H and O–H groups in total. The summed E-state index contributed by atoms with van der Waals surface area (Å²) in [7, 11) is 1.40. The first-order valence-electron chi connectivity index (χ1n) is 4.73. The molecule has 1 atom stereocenters. The molecule has 0 fully saturated rings. The van der Waals surface area contributed by atoms with Crippen molar-refractivity contribution in [2.45, 2.75) is 34.1 Å². The van der Waals surface area contributed by atoms with E-state index >= 15 is 0 Å². The molecule has 0 amide bonds. The fourth-order valence-electron chi connectivity index (χ4n) is 1.28. The first-order valence-corrected chi connectivity index (χ1v) is 4.73. The van der Waals surface area contributed by atoms with E-state index in [0.717, 1.165) is 12.0 Å². The highest BCUT2D eigenvalue weighted by molar-refractivity contribution is 5.82. The number of esters is 1. The van der Waals surface area contributed by atoms with Crippen molar-refractivity contribution >= 4 is 5.97 Å². The Morgan fingerprint density at radius 3 is 2.31 bits per heavy atom. The van der Waals surface area contributed by atoms with Crippen molar-refractivity contribution in [3.63, 3.8) is 0 Å². The normalized spacial score (nSPS) is 14.5. The van der Waals surface area contributed by atoms with Crippen molar-refractivity contribution in [1.82, 2.24) is 0 Å². The van der Waals surface area contributed by atoms with Crippen molar-refractivity contribution in [3.05, 3.63) is 11.6 Å². The third-order valence-corrected chi connectivity index (χ3v) is 2.15. The van der Waals surface area contributed by atoms with Gasteiger partial charge in [0, 0.05) is 6.08 Å². The van der Waals surface area contributed by atoms with E-state index in [-0.39, 0.29) is 5.97 Å². The van der Waals surface area contributed by atoms with Gasteiger partial charge in [-0.15, -0.1) is 0 Å². The Morgan fingerprint density at radius 2 is 1.92 bits per heavy atom. The maximum absolute atomic E-state index is 10.9. The van der Waals surface area contributed by atoms with Crippen LogP contribution in [0.15, 0.2) is 11.6 Å². The number of carbonyl (C=O) groups excluding carboxylic acids is 1. The average molecular weight is 184 g/mol. The molecule has 2 heteroatoms. The summed E-state index contributed by atoms with van der Waals surface area (Å²) < 4.78 is 4.56. The highest BCUT2D eigenvalue weighted by Gasteiger charge is 2.08. The zero-order valence-electron chi connectivity index (χ0n) is 9.26. The minimum absolute atomic E-state index is 0.256. The average Bonchev–Trinajstić information content (AvgIpc) is 2.02. The minimum Gasteiger partial charge on any atom is -0.466 e. The maximum Gasteiger partial charge on any atom is 0.330 e. The molecule has 0 aliphatic heterocycles. The molecule has 0 aromatic rings. The van der Waals surface area contributed by atoms with Crippen LogP contribution in [0.4, 0.5) is 0 Å². The fourth-order valence-corrected chi connectivity index (χ4v) is 1.28. The lowest BCUT2D eigenvalue weighted by atomic mass is 9.92. The Balaban J connectivity index is 4.15. The van der Waals surface area contributed by atoms with Gasteiger partial charge >= 0.3 is 5.97 Å². The molecule has 0 saturated carbocycles. The van der Waals surface area contributed by atoms with Crippen LogP contribution >= 0.6 is 0 Å². The Morgan fingerprint density at radius 1 is 1.38 bits per heavy atom. The van der Waals surface area contributed by atoms with E-state index in [1.807, 2.05) is 6.92 Å². The molecule has 0 aliphatic carbocycles. The van der Waals surface area contributed by atoms with Crippen molar-refractivity contribution in [3.8, 4) is 0 Å². The molecular weight excluding hydrogens is 164 g/mol. The van der Waals surface area contributed by atoms with E-state index in [1.165, 1.54) is 7.11 Å². The van der Waals surface area contributed by atoms with Crippen LogP contribution in [-0.2, 0) is 9.53 Å². The first kappa shape index (κ1) is 12.2. The van der Waals surface area contributed by atoms with Gasteiger partial charge in [-0.25, -0.2) is 4.79 Å². The number of ether oxygens (including phenoxy) is 1. The molecule has 0 aromatic carbocycles. The Hall–Kier alpha value is -0.790. The lowest BCUT2D eigenvalue weighted by Crippen LogP contribution is -2.04. The largest absolute Gasteiger partial charge is 0.466 e. The zero-order chi connectivity index (χ0) is 10.4. The number of carbonyl (C=O) groups is 1. The van der Waals surface area contributed by atoms with Gasteiger partial charge in [-0.05, 0) is 25.2 Å². The predicted molar refractivity (Wildman–Crippen MR) is 54.4 cm³/mol. The molecule has 0 spiro atoms. The topological polar surface area (TPSA) is 26.3 Å². The van der Waals surface area contributed by atoms with Crippen LogP contribution in [0.1, 0.15) is 34.1 Å². The zero-order valence-corrected chi connectivity index (χ0v) is 9.26. The van der Waals surface area contributed by atoms with Crippen LogP contribution in [0.3, 0.4) is 0 Å². The highest BCUT2D eigenvalue weighted by Crippen LogP contribution is 2.18. The van der Waals surface area contributed by atoms with E-state index < -0.39 is 0 Å². The number of hydrogen-bond donors (Lipinski definition) is 0. The molecule has 0 bridgehead atoms. The third kappa shape index (κ3) is 5.45. The summed E-state index contributed by atoms with van der Waals surface area (Å²) in [6, 6.07) is 0. The summed E-state index contributed by atoms with van der Waals surface area (Å²) in [4.78, 5) is 10.9. The Bertz CT molecular complexity index is 192. The van der Waals surface area contributed by atoms with Crippen molar-refractivity contribution in [2.75, 3.05) is 7.11 Å². The van der Waals surface area contributed by atoms with Gasteiger partial charge in [0.15, 0.2) is 0 Å². The maximum atomic E-state index is 10.9. The third-order valence-electron chi connectivity index (χ3n) is 2.15. The van der Waals surface area contributed by atoms with E-state index in [0.29, 0.717) is 11.8 Å². The predicted octanol–water partition coefficient (Wildman–Crippen LogP) is 2.79. The fraction of sp³-hybridized carbons (Fsp3) is 0.727. The van der Waals surface area contributed by atoms with E-state index in [9.17, 15) is 4.79 Å². The summed E-state index contributed by atoms with van der Waals surface area (Å²) in [6.45, 7) is 8.47. The Labute approximate surface area is 81.0 Å². The van der Waals surface area contributed by atoms with Crippen LogP contribution in [0.5, 0.6) is 0 Å². The summed E-state index contributed by atoms with van der Waals surface area (Å²) in [6.07, 6.45) is 2.69. The molecule has 1 unspecified atom stereocenters. The van der Waals surface area contributed by atoms with E-state index in [2.05, 4.69) is 25.5 Å². The molecule has 0 aromatic heterocycles. The van der Waals surface area contributed by atoms with Gasteiger partial charge < -0.3 is 4.74 Å². The summed E-state index contributed by atoms with van der Waals surface area (Å²) >= 11 is 0. The molecule has 0 rings (SSSR count). The van der Waals surface area contributed by atoms with Crippen LogP contribution in [0, 0.1) is 11.8 Å². The van der Waals surface area contributed by atoms with Gasteiger partial charge in [0.05, 0.1) is 7.11 Å². The summed E-state index contributed by atoms with van der Waals surface area (Å²) in [5, 5.41) is 0. The summed E-state index contributed by atoms with van der Waals surface area (Å²) in [5.41, 5.74) is 1.10. The number of rotatable bonds is 4. The lowest BCUT2D eigenvalue weighted by molar-refractivity contribution is -0.134. The second kappa shape index (κ2) is 5.79. The minimum atomic E-state index is -0.256. The standard InChI is InChI=1S/C11H20O2/c1-8(2)6-9(3)10(4)7-11(12)13-5/h7-9H,6H2,1-5H3/b10-7-. The first-order chi connectivity index (χ1) is 5.97. The molecule has 0 heterocycles. The van der Waals surface area contributed by atoms with Crippen LogP contribution in [0.2, 0.25) is 0 Å². The molecule has 0 aliphatic rings. The number of allylic oxidation sites excluding steroid dienone is 1. The number of hydrogen-bond acceptors (Lipinski definition) is 2. The molecule has 0 saturated heterocycles. The second-order valence-electron chi connectivity index (χ2n) is 3.94. The van der Waals surface area contributed by atoms with Gasteiger partial charge in [-0.3, -0.25) is 0 Å². The molecule has 13 heavy (non-hydrogen) atoms. The van der Waals surface area contributed by atoms with E-state index in [1.54, 1.807) is 6.08 Å². The smallest absolute Gasteiger partial charge is 0.330 e. The SMILES string of the molecule is COC(=O)/C=C(/C)C(C)CC(C)C. The van der Waals surface area contributed by atoms with Gasteiger partial charge in [-0.2, -0.15) is 0 Å². The van der Waals surface area contributed by atoms with Gasteiger partial charge in [0.25, 0.3) is 0 Å². The van der Waals surface area contributed by atoms with Crippen molar-refractivity contribution in [2.24, 2.45) is 11.8 Å².